The van der Waals surface area contributed by atoms with Crippen molar-refractivity contribution < 1.29 is 14.3 Å². The second-order valence-corrected chi connectivity index (χ2v) is 4.83. The number of ether oxygens (including phenoxy) is 2. The maximum Gasteiger partial charge on any atom is 0.263 e. The monoisotopic (exact) mass is 274 g/mol. The van der Waals surface area contributed by atoms with Gasteiger partial charge in [-0.25, -0.2) is 0 Å². The Morgan fingerprint density at radius 3 is 3.00 bits per heavy atom. The van der Waals surface area contributed by atoms with Gasteiger partial charge in [0.1, 0.15) is 11.8 Å². The maximum atomic E-state index is 12.3. The molecule has 0 unspecified atom stereocenters. The molecule has 1 amide bonds. The van der Waals surface area contributed by atoms with Gasteiger partial charge < -0.3 is 14.4 Å². The summed E-state index contributed by atoms with van der Waals surface area (Å²) >= 11 is 0. The number of hydrogen-bond donors (Lipinski definition) is 0. The summed E-state index contributed by atoms with van der Waals surface area (Å²) in [4.78, 5) is 14.1. The first-order valence-electron chi connectivity index (χ1n) is 6.68. The average Bonchev–Trinajstić information content (AvgIpc) is 2.47. The van der Waals surface area contributed by atoms with Crippen LogP contribution >= 0.6 is 0 Å². The topological polar surface area (TPSA) is 62.6 Å². The Morgan fingerprint density at radius 2 is 2.30 bits per heavy atom. The molecule has 5 heteroatoms. The lowest BCUT2D eigenvalue weighted by atomic mass is 10.2. The lowest BCUT2D eigenvalue weighted by molar-refractivity contribution is -0.144. The Labute approximate surface area is 118 Å². The second kappa shape index (κ2) is 6.40. The van der Waals surface area contributed by atoms with Crippen molar-refractivity contribution in [2.24, 2.45) is 0 Å². The molecule has 2 atom stereocenters. The molecule has 1 aromatic carbocycles. The van der Waals surface area contributed by atoms with E-state index in [1.807, 2.05) is 6.92 Å². The number of benzene rings is 1. The van der Waals surface area contributed by atoms with Crippen LogP contribution < -0.4 is 4.74 Å². The number of rotatable bonds is 3. The molecule has 0 aromatic heterocycles. The van der Waals surface area contributed by atoms with Gasteiger partial charge in [0.25, 0.3) is 5.91 Å². The number of morpholine rings is 1. The lowest BCUT2D eigenvalue weighted by Crippen LogP contribution is -2.49. The summed E-state index contributed by atoms with van der Waals surface area (Å²) < 4.78 is 11.0. The standard InChI is InChI=1S/C15H18N2O3/c1-11-10-17(7-8-19-11)15(18)12(2)20-14-6-4-3-5-13(14)9-16/h3-6,11-12H,7-8,10H2,1-2H3/t11-,12+/m0/s1. The van der Waals surface area contributed by atoms with Crippen molar-refractivity contribution in [1.82, 2.24) is 4.90 Å². The fraction of sp³-hybridized carbons (Fsp3) is 0.467. The van der Waals surface area contributed by atoms with E-state index in [4.69, 9.17) is 14.7 Å². The largest absolute Gasteiger partial charge is 0.480 e. The summed E-state index contributed by atoms with van der Waals surface area (Å²) in [7, 11) is 0. The number of carbonyl (C=O) groups excluding carboxylic acids is 1. The van der Waals surface area contributed by atoms with Crippen LogP contribution in [0.15, 0.2) is 24.3 Å². The van der Waals surface area contributed by atoms with Crippen molar-refractivity contribution in [3.8, 4) is 11.8 Å². The third-order valence-corrected chi connectivity index (χ3v) is 3.21. The van der Waals surface area contributed by atoms with Gasteiger partial charge in [0, 0.05) is 13.1 Å². The Balaban J connectivity index is 2.02. The number of amides is 1. The highest BCUT2D eigenvalue weighted by atomic mass is 16.5. The molecule has 5 nitrogen and oxygen atoms in total. The van der Waals surface area contributed by atoms with Crippen molar-refractivity contribution in [2.75, 3.05) is 19.7 Å². The smallest absolute Gasteiger partial charge is 0.263 e. The second-order valence-electron chi connectivity index (χ2n) is 4.83. The van der Waals surface area contributed by atoms with E-state index in [1.165, 1.54) is 0 Å². The summed E-state index contributed by atoms with van der Waals surface area (Å²) in [6.45, 7) is 5.35. The van der Waals surface area contributed by atoms with Crippen molar-refractivity contribution in [1.29, 1.82) is 5.26 Å². The molecule has 1 aliphatic heterocycles. The van der Waals surface area contributed by atoms with E-state index >= 15 is 0 Å². The fourth-order valence-corrected chi connectivity index (χ4v) is 2.18. The van der Waals surface area contributed by atoms with Gasteiger partial charge in [-0.05, 0) is 26.0 Å². The highest BCUT2D eigenvalue weighted by Crippen LogP contribution is 2.19. The zero-order valence-electron chi connectivity index (χ0n) is 11.7. The van der Waals surface area contributed by atoms with Gasteiger partial charge in [-0.1, -0.05) is 12.1 Å². The molecule has 0 radical (unpaired) electrons. The minimum absolute atomic E-state index is 0.0475. The summed E-state index contributed by atoms with van der Waals surface area (Å²) in [5.41, 5.74) is 0.433. The van der Waals surface area contributed by atoms with Gasteiger partial charge in [-0.15, -0.1) is 0 Å². The van der Waals surface area contributed by atoms with Crippen molar-refractivity contribution in [3.63, 3.8) is 0 Å². The molecule has 1 aliphatic rings. The van der Waals surface area contributed by atoms with Crippen molar-refractivity contribution in [3.05, 3.63) is 29.8 Å². The maximum absolute atomic E-state index is 12.3. The molecule has 0 aliphatic carbocycles. The first-order valence-corrected chi connectivity index (χ1v) is 6.68. The fourth-order valence-electron chi connectivity index (χ4n) is 2.18. The predicted octanol–water partition coefficient (Wildman–Crippen LogP) is 1.57. The first-order chi connectivity index (χ1) is 9.61. The molecule has 0 N–H and O–H groups in total. The van der Waals surface area contributed by atoms with E-state index < -0.39 is 6.10 Å². The van der Waals surface area contributed by atoms with Gasteiger partial charge in [-0.3, -0.25) is 4.79 Å². The third kappa shape index (κ3) is 3.28. The molecule has 1 heterocycles. The summed E-state index contributed by atoms with van der Waals surface area (Å²) in [5.74, 6) is 0.366. The summed E-state index contributed by atoms with van der Waals surface area (Å²) in [6.07, 6.45) is -0.568. The highest BCUT2D eigenvalue weighted by molar-refractivity contribution is 5.81. The van der Waals surface area contributed by atoms with Crippen LogP contribution in [0.3, 0.4) is 0 Å². The molecule has 0 saturated carbocycles. The van der Waals surface area contributed by atoms with E-state index in [2.05, 4.69) is 6.07 Å². The van der Waals surface area contributed by atoms with Crippen LogP contribution in [0, 0.1) is 11.3 Å². The normalized spacial score (nSPS) is 20.1. The zero-order chi connectivity index (χ0) is 14.5. The zero-order valence-corrected chi connectivity index (χ0v) is 11.7. The van der Waals surface area contributed by atoms with Crippen LogP contribution in [0.25, 0.3) is 0 Å². The van der Waals surface area contributed by atoms with E-state index in [0.29, 0.717) is 31.0 Å². The van der Waals surface area contributed by atoms with Crippen LogP contribution in [-0.4, -0.2) is 42.7 Å². The highest BCUT2D eigenvalue weighted by Gasteiger charge is 2.26. The SMILES string of the molecule is C[C@H]1CN(C(=O)[C@@H](C)Oc2ccccc2C#N)CCO1. The molecule has 20 heavy (non-hydrogen) atoms. The van der Waals surface area contributed by atoms with E-state index in [9.17, 15) is 4.79 Å². The van der Waals surface area contributed by atoms with E-state index in [0.717, 1.165) is 0 Å². The molecule has 2 rings (SSSR count). The number of hydrogen-bond acceptors (Lipinski definition) is 4. The molecule has 0 spiro atoms. The van der Waals surface area contributed by atoms with E-state index in [1.54, 1.807) is 36.1 Å². The number of nitrogens with zero attached hydrogens (tertiary/aromatic N) is 2. The minimum atomic E-state index is -0.616. The molecule has 1 fully saturated rings. The summed E-state index contributed by atoms with van der Waals surface area (Å²) in [5, 5.41) is 9.01. The van der Waals surface area contributed by atoms with Gasteiger partial charge in [0.05, 0.1) is 18.3 Å². The van der Waals surface area contributed by atoms with Crippen LogP contribution in [-0.2, 0) is 9.53 Å². The average molecular weight is 274 g/mol. The quantitative estimate of drug-likeness (QED) is 0.839. The number of para-hydroxylation sites is 1. The van der Waals surface area contributed by atoms with Crippen molar-refractivity contribution in [2.45, 2.75) is 26.1 Å². The van der Waals surface area contributed by atoms with Gasteiger partial charge in [0.2, 0.25) is 0 Å². The summed E-state index contributed by atoms with van der Waals surface area (Å²) in [6, 6.07) is 8.97. The molecule has 1 aromatic rings. The van der Waals surface area contributed by atoms with Gasteiger partial charge in [0.15, 0.2) is 6.10 Å². The first kappa shape index (κ1) is 14.4. The van der Waals surface area contributed by atoms with E-state index in [-0.39, 0.29) is 12.0 Å². The predicted molar refractivity (Wildman–Crippen MR) is 73.2 cm³/mol. The molecule has 106 valence electrons. The molecule has 0 bridgehead atoms. The minimum Gasteiger partial charge on any atom is -0.480 e. The van der Waals surface area contributed by atoms with Crippen LogP contribution in [0.2, 0.25) is 0 Å². The number of nitriles is 1. The van der Waals surface area contributed by atoms with Gasteiger partial charge >= 0.3 is 0 Å². The Bertz CT molecular complexity index is 524. The molecular weight excluding hydrogens is 256 g/mol. The van der Waals surface area contributed by atoms with Crippen LogP contribution in [0.5, 0.6) is 5.75 Å². The third-order valence-electron chi connectivity index (χ3n) is 3.21. The number of carbonyl (C=O) groups is 1. The molecule has 1 saturated heterocycles. The van der Waals surface area contributed by atoms with Crippen molar-refractivity contribution >= 4 is 5.91 Å². The van der Waals surface area contributed by atoms with Crippen LogP contribution in [0.1, 0.15) is 19.4 Å². The molecular formula is C15H18N2O3. The lowest BCUT2D eigenvalue weighted by Gasteiger charge is -2.32. The Morgan fingerprint density at radius 1 is 1.55 bits per heavy atom. The van der Waals surface area contributed by atoms with Gasteiger partial charge in [-0.2, -0.15) is 5.26 Å². The Kier molecular flexibility index (Phi) is 4.59. The Hall–Kier alpha value is -2.06. The van der Waals surface area contributed by atoms with Crippen LogP contribution in [0.4, 0.5) is 0 Å².